The number of primary sulfonamides is 1. The van der Waals surface area contributed by atoms with E-state index in [2.05, 4.69) is 9.71 Å². The van der Waals surface area contributed by atoms with E-state index in [4.69, 9.17) is 5.14 Å². The lowest BCUT2D eigenvalue weighted by Gasteiger charge is -2.14. The summed E-state index contributed by atoms with van der Waals surface area (Å²) >= 11 is 0. The molecular weight excluding hydrogens is 547 g/mol. The van der Waals surface area contributed by atoms with Crippen molar-refractivity contribution in [2.24, 2.45) is 5.14 Å². The molecule has 1 fully saturated rings. The minimum absolute atomic E-state index is 0.106. The van der Waals surface area contributed by atoms with Crippen molar-refractivity contribution in [2.45, 2.75) is 42.9 Å². The molecule has 10 nitrogen and oxygen atoms in total. The maximum Gasteiger partial charge on any atom is 0.282 e. The number of nitrogens with two attached hydrogens (primary N) is 1. The largest absolute Gasteiger partial charge is 0.331 e. The molecule has 2 aromatic heterocycles. The van der Waals surface area contributed by atoms with Crippen LogP contribution in [0.2, 0.25) is 0 Å². The summed E-state index contributed by atoms with van der Waals surface area (Å²) in [6.45, 7) is 1.57. The van der Waals surface area contributed by atoms with E-state index in [1.54, 1.807) is 24.3 Å². The Labute approximate surface area is 223 Å². The van der Waals surface area contributed by atoms with Gasteiger partial charge in [-0.25, -0.2) is 31.1 Å². The van der Waals surface area contributed by atoms with E-state index < -0.39 is 42.6 Å². The van der Waals surface area contributed by atoms with Gasteiger partial charge in [0.2, 0.25) is 20.0 Å². The molecule has 2 heterocycles. The van der Waals surface area contributed by atoms with Crippen molar-refractivity contribution in [3.63, 3.8) is 0 Å². The number of halogens is 1. The van der Waals surface area contributed by atoms with Crippen LogP contribution in [0, 0.1) is 5.82 Å². The summed E-state index contributed by atoms with van der Waals surface area (Å²) in [6.07, 6.45) is 2.90. The molecule has 5 rings (SSSR count). The molecule has 39 heavy (non-hydrogen) atoms. The number of fused-ring (bicyclic) bond motifs is 1. The molecule has 2 aromatic carbocycles. The third-order valence-electron chi connectivity index (χ3n) is 6.71. The van der Waals surface area contributed by atoms with Crippen LogP contribution in [-0.4, -0.2) is 37.5 Å². The number of sulfonamides is 2. The molecule has 13 heteroatoms. The first kappa shape index (κ1) is 26.8. The average molecular weight is 573 g/mol. The average Bonchev–Trinajstić information content (AvgIpc) is 3.69. The number of nitrogens with one attached hydrogen (secondary N) is 2. The van der Waals surface area contributed by atoms with Gasteiger partial charge in [0.15, 0.2) is 0 Å². The summed E-state index contributed by atoms with van der Waals surface area (Å²) in [5, 5.41) is 5.02. The van der Waals surface area contributed by atoms with Gasteiger partial charge in [0.25, 0.3) is 11.5 Å². The maximum absolute atomic E-state index is 15.0. The fourth-order valence-electron chi connectivity index (χ4n) is 4.57. The van der Waals surface area contributed by atoms with Crippen molar-refractivity contribution in [1.29, 1.82) is 0 Å². The number of nitrogens with zero attached hydrogens (tertiary/aromatic N) is 1. The van der Waals surface area contributed by atoms with E-state index in [1.807, 2.05) is 6.92 Å². The Bertz CT molecular complexity index is 1910. The standard InChI is InChI=1S/C26H25FN4O6S2/c1-2-15-5-10-22-20(12-15)23(19-4-3-11-29-25(19)32)24(26(33)30-39(36,37)17-6-7-17)31(22)14-16-13-18(38(28,34)35)8-9-21(16)27/h3-5,8-13,17H,2,6-7,14H2,1H3,(H,29,32)(H,30,33)(H2,28,34,35). The van der Waals surface area contributed by atoms with E-state index in [1.165, 1.54) is 16.8 Å². The third kappa shape index (κ3) is 5.12. The van der Waals surface area contributed by atoms with Crippen LogP contribution in [0.25, 0.3) is 22.0 Å². The molecule has 0 atom stereocenters. The fraction of sp³-hybridized carbons (Fsp3) is 0.231. The zero-order chi connectivity index (χ0) is 28.1. The molecule has 1 aliphatic rings. The molecule has 1 aliphatic carbocycles. The van der Waals surface area contributed by atoms with Gasteiger partial charge in [0.1, 0.15) is 11.5 Å². The first-order chi connectivity index (χ1) is 18.4. The minimum atomic E-state index is -4.16. The van der Waals surface area contributed by atoms with Gasteiger partial charge in [-0.05, 0) is 67.3 Å². The van der Waals surface area contributed by atoms with Crippen LogP contribution in [0.4, 0.5) is 4.39 Å². The predicted octanol–water partition coefficient (Wildman–Crippen LogP) is 2.62. The Morgan fingerprint density at radius 3 is 2.51 bits per heavy atom. The van der Waals surface area contributed by atoms with E-state index in [9.17, 15) is 30.8 Å². The van der Waals surface area contributed by atoms with Crippen molar-refractivity contribution in [3.05, 3.63) is 87.7 Å². The van der Waals surface area contributed by atoms with Crippen molar-refractivity contribution in [3.8, 4) is 11.1 Å². The van der Waals surface area contributed by atoms with Crippen LogP contribution in [0.15, 0.2) is 64.4 Å². The number of aromatic nitrogens is 2. The smallest absolute Gasteiger partial charge is 0.282 e. The summed E-state index contributed by atoms with van der Waals surface area (Å²) in [4.78, 5) is 28.9. The van der Waals surface area contributed by atoms with Gasteiger partial charge in [-0.3, -0.25) is 9.59 Å². The van der Waals surface area contributed by atoms with Gasteiger partial charge in [0, 0.05) is 33.8 Å². The van der Waals surface area contributed by atoms with Gasteiger partial charge < -0.3 is 9.55 Å². The van der Waals surface area contributed by atoms with Crippen LogP contribution < -0.4 is 15.4 Å². The Morgan fingerprint density at radius 2 is 1.87 bits per heavy atom. The lowest BCUT2D eigenvalue weighted by Crippen LogP contribution is -2.35. The number of aromatic amines is 1. The zero-order valence-electron chi connectivity index (χ0n) is 20.8. The Balaban J connectivity index is 1.82. The third-order valence-corrected chi connectivity index (χ3v) is 9.44. The molecule has 0 saturated heterocycles. The molecule has 4 aromatic rings. The molecule has 4 N–H and O–H groups in total. The Hall–Kier alpha value is -3.81. The summed E-state index contributed by atoms with van der Waals surface area (Å²) in [7, 11) is -8.15. The lowest BCUT2D eigenvalue weighted by molar-refractivity contribution is 0.0973. The highest BCUT2D eigenvalue weighted by Crippen LogP contribution is 2.36. The van der Waals surface area contributed by atoms with Crippen molar-refractivity contribution in [2.75, 3.05) is 0 Å². The summed E-state index contributed by atoms with van der Waals surface area (Å²) in [5.41, 5.74) is 0.786. The second-order valence-electron chi connectivity index (χ2n) is 9.40. The van der Waals surface area contributed by atoms with Crippen LogP contribution >= 0.6 is 0 Å². The monoisotopic (exact) mass is 572 g/mol. The highest BCUT2D eigenvalue weighted by Gasteiger charge is 2.38. The summed E-state index contributed by atoms with van der Waals surface area (Å²) < 4.78 is 67.8. The fourth-order valence-corrected chi connectivity index (χ4v) is 6.41. The predicted molar refractivity (Wildman–Crippen MR) is 144 cm³/mol. The summed E-state index contributed by atoms with van der Waals surface area (Å²) in [6, 6.07) is 11.4. The molecule has 0 bridgehead atoms. The highest BCUT2D eigenvalue weighted by atomic mass is 32.2. The minimum Gasteiger partial charge on any atom is -0.331 e. The summed E-state index contributed by atoms with van der Waals surface area (Å²) in [5.74, 6) is -1.75. The van der Waals surface area contributed by atoms with E-state index >= 15 is 0 Å². The van der Waals surface area contributed by atoms with Gasteiger partial charge in [-0.1, -0.05) is 13.0 Å². The van der Waals surface area contributed by atoms with Crippen LogP contribution in [0.3, 0.4) is 0 Å². The second-order valence-corrected chi connectivity index (χ2v) is 12.9. The Morgan fingerprint density at radius 1 is 1.13 bits per heavy atom. The molecule has 0 radical (unpaired) electrons. The van der Waals surface area contributed by atoms with E-state index in [0.29, 0.717) is 30.2 Å². The topological polar surface area (TPSA) is 161 Å². The van der Waals surface area contributed by atoms with Gasteiger partial charge in [0.05, 0.1) is 16.7 Å². The molecular formula is C26H25FN4O6S2. The maximum atomic E-state index is 15.0. The highest BCUT2D eigenvalue weighted by molar-refractivity contribution is 7.91. The van der Waals surface area contributed by atoms with Crippen molar-refractivity contribution >= 4 is 36.9 Å². The number of benzene rings is 2. The first-order valence-corrected chi connectivity index (χ1v) is 15.2. The van der Waals surface area contributed by atoms with E-state index in [0.717, 1.165) is 23.8 Å². The van der Waals surface area contributed by atoms with Crippen molar-refractivity contribution in [1.82, 2.24) is 14.3 Å². The number of aryl methyl sites for hydroxylation is 1. The molecule has 1 saturated carbocycles. The SMILES string of the molecule is CCc1ccc2c(c1)c(-c1ccc[nH]c1=O)c(C(=O)NS(=O)(=O)C1CC1)n2Cc1cc(S(N)(=O)=O)ccc1F. The quantitative estimate of drug-likeness (QED) is 0.294. The molecule has 0 aliphatic heterocycles. The van der Waals surface area contributed by atoms with Gasteiger partial charge in [-0.15, -0.1) is 0 Å². The number of amides is 1. The zero-order valence-corrected chi connectivity index (χ0v) is 22.4. The number of carbonyl (C=O) groups is 1. The van der Waals surface area contributed by atoms with E-state index in [-0.39, 0.29) is 33.8 Å². The molecule has 204 valence electrons. The second kappa shape index (κ2) is 9.74. The number of rotatable bonds is 8. The lowest BCUT2D eigenvalue weighted by atomic mass is 10.0. The van der Waals surface area contributed by atoms with Crippen LogP contribution in [-0.2, 0) is 33.0 Å². The number of H-pyrrole nitrogens is 1. The number of hydrogen-bond acceptors (Lipinski definition) is 6. The van der Waals surface area contributed by atoms with Crippen molar-refractivity contribution < 1.29 is 26.0 Å². The molecule has 0 spiro atoms. The molecule has 1 amide bonds. The first-order valence-electron chi connectivity index (χ1n) is 12.1. The van der Waals surface area contributed by atoms with Crippen LogP contribution in [0.5, 0.6) is 0 Å². The number of carbonyl (C=O) groups excluding carboxylic acids is 1. The van der Waals surface area contributed by atoms with Crippen LogP contribution in [0.1, 0.15) is 41.4 Å². The number of pyridine rings is 1. The normalized spacial score (nSPS) is 14.0. The van der Waals surface area contributed by atoms with Gasteiger partial charge in [-0.2, -0.15) is 0 Å². The number of hydrogen-bond donors (Lipinski definition) is 3. The Kier molecular flexibility index (Phi) is 6.69. The molecule has 0 unspecified atom stereocenters. The van der Waals surface area contributed by atoms with Gasteiger partial charge >= 0.3 is 0 Å².